The normalized spacial score (nSPS) is 12.7. The lowest BCUT2D eigenvalue weighted by molar-refractivity contribution is 0.0258. The summed E-state index contributed by atoms with van der Waals surface area (Å²) in [6.07, 6.45) is 1.16. The smallest absolute Gasteiger partial charge is 0.191 e. The van der Waals surface area contributed by atoms with Gasteiger partial charge in [-0.15, -0.1) is 0 Å². The van der Waals surface area contributed by atoms with Gasteiger partial charge in [0.05, 0.1) is 27.4 Å². The number of nitrogens with one attached hydrogen (secondary N) is 2. The average Bonchev–Trinajstić information content (AvgIpc) is 2.68. The summed E-state index contributed by atoms with van der Waals surface area (Å²) in [4.78, 5) is 4.28. The first-order chi connectivity index (χ1) is 13.0. The molecule has 0 aromatic heterocycles. The van der Waals surface area contributed by atoms with Crippen LogP contribution in [-0.4, -0.2) is 53.6 Å². The maximum atomic E-state index is 5.78. The standard InChI is InChI=1S/C20H35N3O4/c1-8-27-16(14(2)3)9-10-22-20(21-4)23-13-15-11-18(25-6)19(26-7)12-17(15)24-5/h11-12,14,16H,8-10,13H2,1-7H3,(H2,21,22,23). The highest BCUT2D eigenvalue weighted by atomic mass is 16.5. The largest absolute Gasteiger partial charge is 0.496 e. The van der Waals surface area contributed by atoms with Crippen LogP contribution in [0.3, 0.4) is 0 Å². The third kappa shape index (κ3) is 7.17. The van der Waals surface area contributed by atoms with E-state index < -0.39 is 0 Å². The minimum absolute atomic E-state index is 0.242. The van der Waals surface area contributed by atoms with Crippen LogP contribution in [-0.2, 0) is 11.3 Å². The second-order valence-corrected chi connectivity index (χ2v) is 6.40. The van der Waals surface area contributed by atoms with Gasteiger partial charge < -0.3 is 29.6 Å². The fourth-order valence-corrected chi connectivity index (χ4v) is 2.79. The van der Waals surface area contributed by atoms with E-state index in [-0.39, 0.29) is 6.10 Å². The number of methoxy groups -OCH3 is 3. The number of hydrogen-bond donors (Lipinski definition) is 2. The number of guanidine groups is 1. The van der Waals surface area contributed by atoms with Crippen LogP contribution in [0, 0.1) is 5.92 Å². The van der Waals surface area contributed by atoms with E-state index in [1.807, 2.05) is 19.1 Å². The summed E-state index contributed by atoms with van der Waals surface area (Å²) >= 11 is 0. The van der Waals surface area contributed by atoms with Crippen molar-refractivity contribution in [1.82, 2.24) is 10.6 Å². The van der Waals surface area contributed by atoms with Crippen molar-refractivity contribution in [3.8, 4) is 17.2 Å². The average molecular weight is 382 g/mol. The molecule has 1 aromatic carbocycles. The predicted octanol–water partition coefficient (Wildman–Crippen LogP) is 2.83. The first-order valence-electron chi connectivity index (χ1n) is 9.35. The zero-order valence-corrected chi connectivity index (χ0v) is 17.7. The predicted molar refractivity (Wildman–Crippen MR) is 109 cm³/mol. The van der Waals surface area contributed by atoms with Crippen molar-refractivity contribution in [2.24, 2.45) is 10.9 Å². The Morgan fingerprint density at radius 3 is 2.15 bits per heavy atom. The molecule has 0 amide bonds. The van der Waals surface area contributed by atoms with Gasteiger partial charge in [-0.1, -0.05) is 13.8 Å². The number of ether oxygens (including phenoxy) is 4. The Labute approximate surface area is 163 Å². The van der Waals surface area contributed by atoms with Gasteiger partial charge in [0, 0.05) is 38.4 Å². The SMILES string of the molecule is CCOC(CCNC(=NC)NCc1cc(OC)c(OC)cc1OC)C(C)C. The molecule has 1 atom stereocenters. The van der Waals surface area contributed by atoms with Gasteiger partial charge in [0.1, 0.15) is 5.75 Å². The van der Waals surface area contributed by atoms with Crippen LogP contribution in [0.1, 0.15) is 32.8 Å². The highest BCUT2D eigenvalue weighted by Crippen LogP contribution is 2.34. The summed E-state index contributed by atoms with van der Waals surface area (Å²) in [5.41, 5.74) is 0.951. The van der Waals surface area contributed by atoms with E-state index in [0.29, 0.717) is 24.0 Å². The summed E-state index contributed by atoms with van der Waals surface area (Å²) in [5.74, 6) is 3.24. The molecular formula is C20H35N3O4. The van der Waals surface area contributed by atoms with Gasteiger partial charge in [0.15, 0.2) is 17.5 Å². The minimum atomic E-state index is 0.242. The molecule has 7 heteroatoms. The molecule has 0 aliphatic rings. The molecule has 2 N–H and O–H groups in total. The van der Waals surface area contributed by atoms with Crippen molar-refractivity contribution in [1.29, 1.82) is 0 Å². The zero-order chi connectivity index (χ0) is 20.2. The second kappa shape index (κ2) is 12.3. The van der Waals surface area contributed by atoms with E-state index in [1.165, 1.54) is 0 Å². The molecule has 0 spiro atoms. The third-order valence-electron chi connectivity index (χ3n) is 4.30. The number of rotatable bonds is 11. The van der Waals surface area contributed by atoms with Gasteiger partial charge in [-0.25, -0.2) is 0 Å². The van der Waals surface area contributed by atoms with Crippen molar-refractivity contribution in [2.45, 2.75) is 39.8 Å². The Morgan fingerprint density at radius 1 is 1.00 bits per heavy atom. The molecule has 154 valence electrons. The van der Waals surface area contributed by atoms with Crippen LogP contribution in [0.4, 0.5) is 0 Å². The fourth-order valence-electron chi connectivity index (χ4n) is 2.79. The highest BCUT2D eigenvalue weighted by molar-refractivity contribution is 5.79. The van der Waals surface area contributed by atoms with Crippen LogP contribution in [0.5, 0.6) is 17.2 Å². The minimum Gasteiger partial charge on any atom is -0.496 e. The lowest BCUT2D eigenvalue weighted by atomic mass is 10.0. The molecule has 0 saturated carbocycles. The van der Waals surface area contributed by atoms with E-state index in [1.54, 1.807) is 28.4 Å². The number of aliphatic imine (C=N–C) groups is 1. The molecule has 27 heavy (non-hydrogen) atoms. The van der Waals surface area contributed by atoms with Gasteiger partial charge in [-0.2, -0.15) is 0 Å². The third-order valence-corrected chi connectivity index (χ3v) is 4.30. The molecular weight excluding hydrogens is 346 g/mol. The molecule has 0 aliphatic heterocycles. The van der Waals surface area contributed by atoms with Gasteiger partial charge in [0.25, 0.3) is 0 Å². The van der Waals surface area contributed by atoms with Crippen molar-refractivity contribution in [2.75, 3.05) is 41.5 Å². The molecule has 0 heterocycles. The highest BCUT2D eigenvalue weighted by Gasteiger charge is 2.14. The quantitative estimate of drug-likeness (QED) is 0.454. The van der Waals surface area contributed by atoms with Gasteiger partial charge in [-0.05, 0) is 25.3 Å². The number of nitrogens with zero attached hydrogens (tertiary/aromatic N) is 1. The molecule has 1 rings (SSSR count). The number of hydrogen-bond acceptors (Lipinski definition) is 5. The van der Waals surface area contributed by atoms with Crippen LogP contribution >= 0.6 is 0 Å². The van der Waals surface area contributed by atoms with E-state index in [2.05, 4.69) is 29.5 Å². The second-order valence-electron chi connectivity index (χ2n) is 6.40. The molecule has 0 radical (unpaired) electrons. The van der Waals surface area contributed by atoms with Crippen LogP contribution < -0.4 is 24.8 Å². The lowest BCUT2D eigenvalue weighted by Crippen LogP contribution is -2.39. The summed E-state index contributed by atoms with van der Waals surface area (Å²) in [6, 6.07) is 3.73. The van der Waals surface area contributed by atoms with E-state index in [0.717, 1.165) is 36.8 Å². The molecule has 1 unspecified atom stereocenters. The zero-order valence-electron chi connectivity index (χ0n) is 17.7. The summed E-state index contributed by atoms with van der Waals surface area (Å²) < 4.78 is 21.9. The van der Waals surface area contributed by atoms with Crippen LogP contribution in [0.15, 0.2) is 17.1 Å². The summed E-state index contributed by atoms with van der Waals surface area (Å²) in [5, 5.41) is 6.64. The van der Waals surface area contributed by atoms with Gasteiger partial charge in [0.2, 0.25) is 0 Å². The Balaban J connectivity index is 2.67. The maximum Gasteiger partial charge on any atom is 0.191 e. The van der Waals surface area contributed by atoms with E-state index in [4.69, 9.17) is 18.9 Å². The number of benzene rings is 1. The van der Waals surface area contributed by atoms with E-state index >= 15 is 0 Å². The van der Waals surface area contributed by atoms with Crippen molar-refractivity contribution >= 4 is 5.96 Å². The van der Waals surface area contributed by atoms with Gasteiger partial charge >= 0.3 is 0 Å². The molecule has 7 nitrogen and oxygen atoms in total. The van der Waals surface area contributed by atoms with E-state index in [9.17, 15) is 0 Å². The molecule has 0 fully saturated rings. The summed E-state index contributed by atoms with van der Waals surface area (Å²) in [7, 11) is 6.61. The Hall–Kier alpha value is -2.15. The van der Waals surface area contributed by atoms with Crippen molar-refractivity contribution < 1.29 is 18.9 Å². The van der Waals surface area contributed by atoms with Crippen molar-refractivity contribution in [3.05, 3.63) is 17.7 Å². The van der Waals surface area contributed by atoms with Crippen LogP contribution in [0.2, 0.25) is 0 Å². The maximum absolute atomic E-state index is 5.78. The molecule has 1 aromatic rings. The fraction of sp³-hybridized carbons (Fsp3) is 0.650. The Bertz CT molecular complexity index is 591. The summed E-state index contributed by atoms with van der Waals surface area (Å²) in [6.45, 7) is 8.44. The van der Waals surface area contributed by atoms with Crippen LogP contribution in [0.25, 0.3) is 0 Å². The Kier molecular flexibility index (Phi) is 10.4. The Morgan fingerprint density at radius 2 is 1.63 bits per heavy atom. The lowest BCUT2D eigenvalue weighted by Gasteiger charge is -2.21. The first-order valence-corrected chi connectivity index (χ1v) is 9.35. The topological polar surface area (TPSA) is 73.3 Å². The first kappa shape index (κ1) is 22.9. The van der Waals surface area contributed by atoms with Gasteiger partial charge in [-0.3, -0.25) is 4.99 Å². The van der Waals surface area contributed by atoms with Crippen molar-refractivity contribution in [3.63, 3.8) is 0 Å². The molecule has 0 aliphatic carbocycles. The molecule has 0 bridgehead atoms. The molecule has 0 saturated heterocycles. The monoisotopic (exact) mass is 381 g/mol.